The zero-order valence-corrected chi connectivity index (χ0v) is 16.8. The lowest BCUT2D eigenvalue weighted by Gasteiger charge is -2.34. The second kappa shape index (κ2) is 10.00. The maximum Gasteiger partial charge on any atom is 0.462 e. The van der Waals surface area contributed by atoms with Gasteiger partial charge in [0.05, 0.1) is 0 Å². The van der Waals surface area contributed by atoms with Crippen LogP contribution < -0.4 is 0 Å². The number of alkyl halides is 22. The third kappa shape index (κ3) is 6.45. The van der Waals surface area contributed by atoms with Gasteiger partial charge in [-0.25, -0.2) is 19.4 Å². The van der Waals surface area contributed by atoms with Crippen LogP contribution in [0.5, 0.6) is 0 Å². The Morgan fingerprint density at radius 3 is 0.700 bits per heavy atom. The summed E-state index contributed by atoms with van der Waals surface area (Å²) in [6.07, 6.45) is -46.3. The largest absolute Gasteiger partial charge is 0.462 e. The first-order valence-electron chi connectivity index (χ1n) is 7.96. The van der Waals surface area contributed by atoms with E-state index in [2.05, 4.69) is 0 Å². The maximum atomic E-state index is 13.8. The summed E-state index contributed by atoms with van der Waals surface area (Å²) in [5.41, 5.74) is 0. The van der Waals surface area contributed by atoms with Gasteiger partial charge in [-0.1, -0.05) is 0 Å². The number of hydrogen-bond donors (Lipinski definition) is 0. The van der Waals surface area contributed by atoms with E-state index in [1.54, 1.807) is 0 Å². The Balaban J connectivity index is 6.39. The monoisotopic (exact) mass is 658 g/mol. The van der Waals surface area contributed by atoms with Crippen LogP contribution in [0.25, 0.3) is 0 Å². The van der Waals surface area contributed by atoms with Crippen molar-refractivity contribution in [1.82, 2.24) is 0 Å². The minimum absolute atomic E-state index is 1.44. The van der Waals surface area contributed by atoms with Crippen LogP contribution in [0, 0.1) is 0 Å². The number of rotatable bonds is 8. The smallest absolute Gasteiger partial charge is 0.260 e. The number of ether oxygens (including phenoxy) is 2. The molecule has 0 saturated carbocycles. The Kier molecular flexibility index (Phi) is 9.33. The highest BCUT2D eigenvalue weighted by Gasteiger charge is 2.82. The molecule has 0 radical (unpaired) electrons. The first-order chi connectivity index (χ1) is 17.0. The van der Waals surface area contributed by atoms with Crippen molar-refractivity contribution in [3.63, 3.8) is 0 Å². The van der Waals surface area contributed by atoms with Crippen LogP contribution in [0.2, 0.25) is 0 Å². The molecule has 28 heteroatoms. The fourth-order valence-electron chi connectivity index (χ4n) is 1.42. The fourth-order valence-corrected chi connectivity index (χ4v) is 1.42. The third-order valence-corrected chi connectivity index (χ3v) is 3.43. The molecule has 6 nitrogen and oxygen atoms in total. The van der Waals surface area contributed by atoms with Crippen molar-refractivity contribution in [2.45, 2.75) is 60.5 Å². The Morgan fingerprint density at radius 2 is 0.550 bits per heavy atom. The van der Waals surface area contributed by atoms with Crippen molar-refractivity contribution in [2.75, 3.05) is 0 Å². The number of hydrogen-bond acceptors (Lipinski definition) is 6. The Labute approximate surface area is 199 Å². The molecule has 0 rings (SSSR count). The molecule has 0 unspecified atom stereocenters. The SMILES string of the molecule is O=C(OOC(=O)[C@@](F)(OC(F)(F)C(F)(F)C(F)(F)F)C(F)(F)F)[C@](F)(OC(F)(F)C(F)(F)C(F)(F)F)C(F)(F)F. The number of halogens is 22. The lowest BCUT2D eigenvalue weighted by molar-refractivity contribution is -0.482. The van der Waals surface area contributed by atoms with Gasteiger partial charge in [0.25, 0.3) is 0 Å². The molecule has 0 spiro atoms. The van der Waals surface area contributed by atoms with Gasteiger partial charge in [0, 0.05) is 0 Å². The maximum absolute atomic E-state index is 13.8. The van der Waals surface area contributed by atoms with E-state index in [9.17, 15) is 106 Å². The van der Waals surface area contributed by atoms with Crippen LogP contribution in [-0.4, -0.2) is 72.4 Å². The summed E-state index contributed by atoms with van der Waals surface area (Å²) in [5.74, 6) is -40.2. The summed E-state index contributed by atoms with van der Waals surface area (Å²) in [7, 11) is 0. The highest BCUT2D eigenvalue weighted by atomic mass is 19.4. The van der Waals surface area contributed by atoms with Gasteiger partial charge < -0.3 is 0 Å². The zero-order chi connectivity index (χ0) is 33.0. The second-order valence-corrected chi connectivity index (χ2v) is 6.31. The molecular formula is C12F22O6. The molecule has 2 atom stereocenters. The number of carbonyl (C=O) groups is 2. The van der Waals surface area contributed by atoms with E-state index in [4.69, 9.17) is 0 Å². The lowest BCUT2D eigenvalue weighted by atomic mass is 10.2. The predicted octanol–water partition coefficient (Wildman–Crippen LogP) is 6.06. The molecule has 0 heterocycles. The van der Waals surface area contributed by atoms with Crippen LogP contribution in [0.1, 0.15) is 0 Å². The minimum atomic E-state index is -7.85. The summed E-state index contributed by atoms with van der Waals surface area (Å²) < 4.78 is 280. The molecule has 238 valence electrons. The quantitative estimate of drug-likeness (QED) is 0.180. The summed E-state index contributed by atoms with van der Waals surface area (Å²) in [6, 6.07) is 0. The van der Waals surface area contributed by atoms with Gasteiger partial charge >= 0.3 is 72.4 Å². The van der Waals surface area contributed by atoms with Crippen molar-refractivity contribution >= 4 is 11.9 Å². The van der Waals surface area contributed by atoms with Crippen LogP contribution in [0.3, 0.4) is 0 Å². The Hall–Kier alpha value is -2.68. The van der Waals surface area contributed by atoms with E-state index >= 15 is 0 Å². The average molecular weight is 658 g/mol. The molecule has 0 fully saturated rings. The van der Waals surface area contributed by atoms with Gasteiger partial charge in [-0.2, -0.15) is 96.6 Å². The van der Waals surface area contributed by atoms with Crippen LogP contribution >= 0.6 is 0 Å². The van der Waals surface area contributed by atoms with E-state index in [0.717, 1.165) is 0 Å². The summed E-state index contributed by atoms with van der Waals surface area (Å²) in [4.78, 5) is 26.0. The second-order valence-electron chi connectivity index (χ2n) is 6.31. The Morgan fingerprint density at radius 1 is 0.350 bits per heavy atom. The minimum Gasteiger partial charge on any atom is -0.260 e. The first-order valence-corrected chi connectivity index (χ1v) is 7.96. The predicted molar refractivity (Wildman–Crippen MR) is 66.0 cm³/mol. The van der Waals surface area contributed by atoms with Crippen LogP contribution in [-0.2, 0) is 28.8 Å². The van der Waals surface area contributed by atoms with E-state index in [0.29, 0.717) is 0 Å². The van der Waals surface area contributed by atoms with Gasteiger partial charge in [0.2, 0.25) is 0 Å². The molecule has 40 heavy (non-hydrogen) atoms. The van der Waals surface area contributed by atoms with E-state index < -0.39 is 72.4 Å². The summed E-state index contributed by atoms with van der Waals surface area (Å²) >= 11 is 0. The zero-order valence-electron chi connectivity index (χ0n) is 16.8. The van der Waals surface area contributed by atoms with Crippen molar-refractivity contribution in [3.05, 3.63) is 0 Å². The lowest BCUT2D eigenvalue weighted by Crippen LogP contribution is -2.63. The molecule has 0 N–H and O–H groups in total. The topological polar surface area (TPSA) is 71.1 Å². The molecule has 0 aliphatic rings. The normalized spacial score (nSPS) is 18.1. The molecule has 0 aromatic heterocycles. The van der Waals surface area contributed by atoms with Gasteiger partial charge in [0.15, 0.2) is 0 Å². The van der Waals surface area contributed by atoms with E-state index in [1.807, 2.05) is 9.78 Å². The average Bonchev–Trinajstić information content (AvgIpc) is 2.67. The van der Waals surface area contributed by atoms with Crippen LogP contribution in [0.15, 0.2) is 0 Å². The number of carbonyl (C=O) groups excluding carboxylic acids is 2. The van der Waals surface area contributed by atoms with Crippen molar-refractivity contribution < 1.29 is 125 Å². The Bertz CT molecular complexity index is 868. The third-order valence-electron chi connectivity index (χ3n) is 3.43. The van der Waals surface area contributed by atoms with Gasteiger partial charge in [0.1, 0.15) is 0 Å². The standard InChI is InChI=1S/C12F22O6/c13-3(7(19,20)21,39-11(31,32)5(15,16)9(25,26)27)1(35)37-38-2(36)4(14,8(22,23)24)40-12(33,34)6(17,18)10(28,29)30/t3-,4+. The van der Waals surface area contributed by atoms with Gasteiger partial charge in [-0.3, -0.25) is 9.47 Å². The highest BCUT2D eigenvalue weighted by Crippen LogP contribution is 2.53. The molecule has 0 aromatic carbocycles. The van der Waals surface area contributed by atoms with Gasteiger partial charge in [-0.05, 0) is 0 Å². The molecule has 0 amide bonds. The van der Waals surface area contributed by atoms with E-state index in [1.165, 1.54) is 9.47 Å². The fraction of sp³-hybridized carbons (Fsp3) is 0.833. The molecule has 0 bridgehead atoms. The van der Waals surface area contributed by atoms with Gasteiger partial charge in [-0.15, -0.1) is 0 Å². The van der Waals surface area contributed by atoms with Crippen molar-refractivity contribution in [1.29, 1.82) is 0 Å². The molecule has 0 saturated heterocycles. The highest BCUT2D eigenvalue weighted by molar-refractivity contribution is 5.82. The molecular weight excluding hydrogens is 658 g/mol. The molecule has 0 aliphatic heterocycles. The summed E-state index contributed by atoms with van der Waals surface area (Å²) in [5, 5.41) is 0. The van der Waals surface area contributed by atoms with Crippen molar-refractivity contribution in [2.24, 2.45) is 0 Å². The van der Waals surface area contributed by atoms with E-state index in [-0.39, 0.29) is 0 Å². The summed E-state index contributed by atoms with van der Waals surface area (Å²) in [6.45, 7) is 0. The first kappa shape index (κ1) is 37.3. The van der Waals surface area contributed by atoms with Crippen molar-refractivity contribution in [3.8, 4) is 0 Å². The molecule has 0 aromatic rings. The molecule has 0 aliphatic carbocycles. The van der Waals surface area contributed by atoms with Crippen LogP contribution in [0.4, 0.5) is 96.6 Å².